The van der Waals surface area contributed by atoms with Crippen LogP contribution in [0.15, 0.2) is 24.3 Å². The summed E-state index contributed by atoms with van der Waals surface area (Å²) in [5, 5.41) is 0. The molecule has 0 bridgehead atoms. The van der Waals surface area contributed by atoms with Crippen molar-refractivity contribution in [2.45, 2.75) is 60.0 Å². The second kappa shape index (κ2) is 9.06. The summed E-state index contributed by atoms with van der Waals surface area (Å²) in [5.41, 5.74) is 0.858. The van der Waals surface area contributed by atoms with Gasteiger partial charge >= 0.3 is 10.1 Å². The van der Waals surface area contributed by atoms with Crippen LogP contribution in [0.4, 0.5) is 0 Å². The van der Waals surface area contributed by atoms with Crippen LogP contribution in [0.5, 0.6) is 5.75 Å². The highest BCUT2D eigenvalue weighted by Gasteiger charge is 2.20. The van der Waals surface area contributed by atoms with Crippen molar-refractivity contribution in [1.29, 1.82) is 0 Å². The van der Waals surface area contributed by atoms with Crippen LogP contribution in [0.2, 0.25) is 0 Å². The second-order valence-electron chi connectivity index (χ2n) is 6.45. The number of carbonyl (C=O) groups excluding carboxylic acids is 1. The van der Waals surface area contributed by atoms with E-state index in [1.807, 2.05) is 38.7 Å². The summed E-state index contributed by atoms with van der Waals surface area (Å²) < 4.78 is 28.3. The van der Waals surface area contributed by atoms with Gasteiger partial charge in [0.05, 0.1) is 5.75 Å². The van der Waals surface area contributed by atoms with Gasteiger partial charge in [0, 0.05) is 19.0 Å². The predicted molar refractivity (Wildman–Crippen MR) is 96.3 cm³/mol. The van der Waals surface area contributed by atoms with Gasteiger partial charge in [-0.05, 0) is 43.9 Å². The number of carbonyl (C=O) groups is 1. The number of rotatable bonds is 9. The zero-order chi connectivity index (χ0) is 18.3. The third kappa shape index (κ3) is 6.51. The van der Waals surface area contributed by atoms with E-state index in [1.54, 1.807) is 18.2 Å². The van der Waals surface area contributed by atoms with Crippen LogP contribution in [-0.2, 0) is 21.5 Å². The van der Waals surface area contributed by atoms with Gasteiger partial charge in [0.25, 0.3) is 0 Å². The Morgan fingerprint density at radius 2 is 1.88 bits per heavy atom. The molecule has 1 amide bonds. The molecule has 6 heteroatoms. The Morgan fingerprint density at radius 3 is 2.42 bits per heavy atom. The van der Waals surface area contributed by atoms with E-state index in [1.165, 1.54) is 6.92 Å². The minimum absolute atomic E-state index is 0.0803. The molecule has 1 aromatic carbocycles. The lowest BCUT2D eigenvalue weighted by Crippen LogP contribution is -2.38. The van der Waals surface area contributed by atoms with E-state index in [0.29, 0.717) is 18.9 Å². The first-order valence-electron chi connectivity index (χ1n) is 8.49. The Kier molecular flexibility index (Phi) is 7.73. The van der Waals surface area contributed by atoms with E-state index < -0.39 is 10.1 Å². The molecule has 1 rings (SSSR count). The van der Waals surface area contributed by atoms with Gasteiger partial charge in [0.2, 0.25) is 5.91 Å². The Hall–Kier alpha value is -1.56. The zero-order valence-corrected chi connectivity index (χ0v) is 16.1. The molecule has 0 saturated heterocycles. The lowest BCUT2D eigenvalue weighted by Gasteiger charge is -2.29. The molecular weight excluding hydrogens is 326 g/mol. The summed E-state index contributed by atoms with van der Waals surface area (Å²) in [5.74, 6) is 0.623. The average Bonchev–Trinajstić information content (AvgIpc) is 2.51. The van der Waals surface area contributed by atoms with Gasteiger partial charge in [-0.15, -0.1) is 0 Å². The topological polar surface area (TPSA) is 63.7 Å². The highest BCUT2D eigenvalue weighted by atomic mass is 32.2. The molecule has 0 aliphatic heterocycles. The average molecular weight is 356 g/mol. The number of benzene rings is 1. The first-order valence-corrected chi connectivity index (χ1v) is 10.1. The highest BCUT2D eigenvalue weighted by molar-refractivity contribution is 7.87. The normalized spacial score (nSPS) is 12.9. The second-order valence-corrected chi connectivity index (χ2v) is 8.31. The molecule has 136 valence electrons. The molecule has 0 aromatic heterocycles. The lowest BCUT2D eigenvalue weighted by atomic mass is 10.1. The maximum atomic E-state index is 12.5. The molecule has 24 heavy (non-hydrogen) atoms. The quantitative estimate of drug-likeness (QED) is 0.635. The number of hydrogen-bond acceptors (Lipinski definition) is 4. The van der Waals surface area contributed by atoms with Crippen LogP contribution < -0.4 is 4.18 Å². The number of amides is 1. The minimum Gasteiger partial charge on any atom is -0.382 e. The first kappa shape index (κ1) is 20.5. The van der Waals surface area contributed by atoms with Gasteiger partial charge < -0.3 is 9.08 Å². The molecule has 0 fully saturated rings. The number of hydrogen-bond donors (Lipinski definition) is 0. The van der Waals surface area contributed by atoms with Gasteiger partial charge in [-0.1, -0.05) is 32.9 Å². The van der Waals surface area contributed by atoms with Crippen LogP contribution in [-0.4, -0.2) is 31.0 Å². The van der Waals surface area contributed by atoms with Gasteiger partial charge in [-0.25, -0.2) is 0 Å². The van der Waals surface area contributed by atoms with Gasteiger partial charge in [-0.2, -0.15) is 8.42 Å². The van der Waals surface area contributed by atoms with Crippen molar-refractivity contribution < 1.29 is 17.4 Å². The van der Waals surface area contributed by atoms with Gasteiger partial charge in [0.15, 0.2) is 0 Å². The summed E-state index contributed by atoms with van der Waals surface area (Å²) in [6, 6.07) is 7.05. The Bertz CT molecular complexity index is 640. The largest absolute Gasteiger partial charge is 0.382 e. The predicted octanol–water partition coefficient (Wildman–Crippen LogP) is 3.59. The molecular formula is C18H29NO4S. The summed E-state index contributed by atoms with van der Waals surface area (Å²) in [7, 11) is -3.55. The summed E-state index contributed by atoms with van der Waals surface area (Å²) >= 11 is 0. The van der Waals surface area contributed by atoms with Crippen molar-refractivity contribution in [2.24, 2.45) is 5.92 Å². The Labute approximate surface area is 146 Å². The number of nitrogens with zero attached hydrogens (tertiary/aromatic N) is 1. The smallest absolute Gasteiger partial charge is 0.308 e. The molecule has 1 atom stereocenters. The molecule has 5 nitrogen and oxygen atoms in total. The van der Waals surface area contributed by atoms with E-state index in [0.717, 1.165) is 12.0 Å². The van der Waals surface area contributed by atoms with Crippen LogP contribution in [0.1, 0.15) is 53.0 Å². The standard InChI is InChI=1S/C18H29NO4S/c1-6-15(5)19(18(20)11-14(3)4)13-16-9-8-10-17(12-16)23-24(21,22)7-2/h8-10,12,14-15H,6-7,11,13H2,1-5H3/t15-/m0/s1. The van der Waals surface area contributed by atoms with Crippen molar-refractivity contribution >= 4 is 16.0 Å². The third-order valence-corrected chi connectivity index (χ3v) is 5.01. The molecule has 0 N–H and O–H groups in total. The maximum Gasteiger partial charge on any atom is 0.308 e. The molecule has 0 heterocycles. The summed E-state index contributed by atoms with van der Waals surface area (Å²) in [4.78, 5) is 14.4. The minimum atomic E-state index is -3.55. The van der Waals surface area contributed by atoms with Crippen molar-refractivity contribution in [3.05, 3.63) is 29.8 Å². The molecule has 0 spiro atoms. The zero-order valence-electron chi connectivity index (χ0n) is 15.3. The lowest BCUT2D eigenvalue weighted by molar-refractivity contribution is -0.134. The van der Waals surface area contributed by atoms with Crippen LogP contribution in [0.3, 0.4) is 0 Å². The molecule has 1 aromatic rings. The van der Waals surface area contributed by atoms with Gasteiger partial charge in [-0.3, -0.25) is 4.79 Å². The van der Waals surface area contributed by atoms with E-state index in [2.05, 4.69) is 0 Å². The van der Waals surface area contributed by atoms with Gasteiger partial charge in [0.1, 0.15) is 5.75 Å². The van der Waals surface area contributed by atoms with Crippen molar-refractivity contribution in [1.82, 2.24) is 4.90 Å². The van der Waals surface area contributed by atoms with Crippen molar-refractivity contribution in [3.8, 4) is 5.75 Å². The fourth-order valence-electron chi connectivity index (χ4n) is 2.27. The maximum absolute atomic E-state index is 12.5. The summed E-state index contributed by atoms with van der Waals surface area (Å²) in [6.07, 6.45) is 1.37. The van der Waals surface area contributed by atoms with Crippen molar-refractivity contribution in [3.63, 3.8) is 0 Å². The van der Waals surface area contributed by atoms with E-state index in [-0.39, 0.29) is 23.5 Å². The van der Waals surface area contributed by atoms with Crippen molar-refractivity contribution in [2.75, 3.05) is 5.75 Å². The molecule has 0 radical (unpaired) electrons. The SMILES string of the molecule is CC[C@H](C)N(Cc1cccc(OS(=O)(=O)CC)c1)C(=O)CC(C)C. The van der Waals surface area contributed by atoms with Crippen LogP contribution in [0, 0.1) is 5.92 Å². The molecule has 0 aliphatic rings. The third-order valence-electron chi connectivity index (χ3n) is 3.85. The van der Waals surface area contributed by atoms with E-state index >= 15 is 0 Å². The monoisotopic (exact) mass is 355 g/mol. The summed E-state index contributed by atoms with van der Waals surface area (Å²) in [6.45, 7) is 10.1. The molecule has 0 aliphatic carbocycles. The fourth-order valence-corrected chi connectivity index (χ4v) is 2.79. The Morgan fingerprint density at radius 1 is 1.21 bits per heavy atom. The fraction of sp³-hybridized carbons (Fsp3) is 0.611. The molecule has 0 saturated carbocycles. The van der Waals surface area contributed by atoms with E-state index in [4.69, 9.17) is 4.18 Å². The van der Waals surface area contributed by atoms with Crippen LogP contribution in [0.25, 0.3) is 0 Å². The van der Waals surface area contributed by atoms with Crippen LogP contribution >= 0.6 is 0 Å². The highest BCUT2D eigenvalue weighted by Crippen LogP contribution is 2.20. The first-order chi connectivity index (χ1) is 11.2. The van der Waals surface area contributed by atoms with E-state index in [9.17, 15) is 13.2 Å². The molecule has 0 unspecified atom stereocenters. The Balaban J connectivity index is 2.96.